The van der Waals surface area contributed by atoms with Gasteiger partial charge in [0.1, 0.15) is 0 Å². The summed E-state index contributed by atoms with van der Waals surface area (Å²) in [5.74, 6) is 0. The topological polar surface area (TPSA) is 82.1 Å². The molecule has 20 heavy (non-hydrogen) atoms. The molecule has 0 aromatic carbocycles. The number of nitrogens with zero attached hydrogens (tertiary/aromatic N) is 4. The van der Waals surface area contributed by atoms with E-state index in [0.29, 0.717) is 4.57 Å². The Balaban J connectivity index is 2.39. The zero-order chi connectivity index (χ0) is 21.7. The van der Waals surface area contributed by atoms with Crippen molar-refractivity contribution >= 4 is 11.2 Å². The summed E-state index contributed by atoms with van der Waals surface area (Å²) < 4.78 is 61.7. The summed E-state index contributed by atoms with van der Waals surface area (Å²) in [4.78, 5) is 28.9. The zero-order valence-corrected chi connectivity index (χ0v) is 10.8. The van der Waals surface area contributed by atoms with Crippen LogP contribution in [0.5, 0.6) is 0 Å². The van der Waals surface area contributed by atoms with E-state index in [1.165, 1.54) is 7.05 Å². The van der Waals surface area contributed by atoms with Gasteiger partial charge in [-0.1, -0.05) is 0 Å². The van der Waals surface area contributed by atoms with Crippen LogP contribution in [0.1, 0.15) is 37.0 Å². The van der Waals surface area contributed by atoms with E-state index in [1.54, 1.807) is 0 Å². The first-order valence-corrected chi connectivity index (χ1v) is 5.94. The van der Waals surface area contributed by atoms with Crippen molar-refractivity contribution in [3.8, 4) is 0 Å². The number of aryl methyl sites for hydroxylation is 2. The molecular formula is C13H20N4O3. The summed E-state index contributed by atoms with van der Waals surface area (Å²) in [5, 5.41) is 9.66. The zero-order valence-electron chi connectivity index (χ0n) is 18.8. The fourth-order valence-electron chi connectivity index (χ4n) is 1.94. The maximum Gasteiger partial charge on any atom is 0.332 e. The summed E-state index contributed by atoms with van der Waals surface area (Å²) in [7, 11) is 1.31. The van der Waals surface area contributed by atoms with Crippen LogP contribution in [-0.2, 0) is 20.6 Å². The number of aliphatic hydroxyl groups is 1. The predicted octanol–water partition coefficient (Wildman–Crippen LogP) is -0.0152. The summed E-state index contributed by atoms with van der Waals surface area (Å²) in [5.41, 5.74) is -2.07. The van der Waals surface area contributed by atoms with E-state index in [4.69, 9.17) is 11.0 Å². The van der Waals surface area contributed by atoms with E-state index < -0.39 is 44.0 Å². The highest BCUT2D eigenvalue weighted by Gasteiger charge is 2.14. The summed E-state index contributed by atoms with van der Waals surface area (Å²) in [6.07, 6.45) is -4.32. The van der Waals surface area contributed by atoms with Gasteiger partial charge in [-0.15, -0.1) is 0 Å². The lowest BCUT2D eigenvalue weighted by Crippen LogP contribution is -2.39. The van der Waals surface area contributed by atoms with Crippen LogP contribution >= 0.6 is 0 Å². The predicted molar refractivity (Wildman–Crippen MR) is 75.7 cm³/mol. The first kappa shape index (κ1) is 7.21. The second-order valence-electron chi connectivity index (χ2n) is 4.30. The molecule has 0 radical (unpaired) electrons. The van der Waals surface area contributed by atoms with E-state index in [1.807, 2.05) is 0 Å². The Kier molecular flexibility index (Phi) is 2.03. The number of fused-ring (bicyclic) bond motifs is 1. The van der Waals surface area contributed by atoms with E-state index in [9.17, 15) is 14.7 Å². The molecule has 0 saturated heterocycles. The molecule has 0 aliphatic heterocycles. The number of aliphatic hydroxyl groups excluding tert-OH is 1. The first-order valence-electron chi connectivity index (χ1n) is 9.94. The van der Waals surface area contributed by atoms with E-state index in [2.05, 4.69) is 4.98 Å². The molecule has 0 aliphatic rings. The van der Waals surface area contributed by atoms with Crippen molar-refractivity contribution < 1.29 is 16.1 Å². The Morgan fingerprint density at radius 2 is 2.30 bits per heavy atom. The third kappa shape index (κ3) is 2.53. The second-order valence-corrected chi connectivity index (χ2v) is 4.30. The van der Waals surface area contributed by atoms with E-state index in [-0.39, 0.29) is 24.1 Å². The van der Waals surface area contributed by atoms with Gasteiger partial charge in [0.2, 0.25) is 0 Å². The Morgan fingerprint density at radius 1 is 1.50 bits per heavy atom. The highest BCUT2D eigenvalue weighted by molar-refractivity contribution is 5.69. The van der Waals surface area contributed by atoms with Gasteiger partial charge in [0.15, 0.2) is 11.2 Å². The molecule has 0 fully saturated rings. The van der Waals surface area contributed by atoms with Gasteiger partial charge >= 0.3 is 5.69 Å². The molecule has 0 spiro atoms. The largest absolute Gasteiger partial charge is 0.393 e. The minimum Gasteiger partial charge on any atom is -0.393 e. The Bertz CT molecular complexity index is 985. The number of rotatable bonds is 5. The summed E-state index contributed by atoms with van der Waals surface area (Å²) in [6.45, 7) is -5.90. The van der Waals surface area contributed by atoms with Gasteiger partial charge in [-0.3, -0.25) is 13.9 Å². The van der Waals surface area contributed by atoms with Gasteiger partial charge in [-0.2, -0.15) is 0 Å². The van der Waals surface area contributed by atoms with Crippen molar-refractivity contribution in [3.05, 3.63) is 27.2 Å². The van der Waals surface area contributed by atoms with Crippen LogP contribution in [0, 0.1) is 0 Å². The van der Waals surface area contributed by atoms with Gasteiger partial charge in [-0.05, 0) is 26.1 Å². The molecule has 0 aliphatic carbocycles. The smallest absolute Gasteiger partial charge is 0.332 e. The van der Waals surface area contributed by atoms with Gasteiger partial charge in [0.05, 0.1) is 12.4 Å². The molecule has 7 nitrogen and oxygen atoms in total. The second kappa shape index (κ2) is 5.62. The monoisotopic (exact) mass is 288 g/mol. The fourth-order valence-corrected chi connectivity index (χ4v) is 1.94. The molecule has 0 bridgehead atoms. The Morgan fingerprint density at radius 3 is 3.00 bits per heavy atom. The molecule has 2 heterocycles. The molecule has 0 amide bonds. The SMILES string of the molecule is [2H]C([2H])([2H])C(O)C([2H])([2H])CCCn1c(=O)c2c(ncn2C([2H])([2H])[2H])n(C)c1=O. The minimum absolute atomic E-state index is 0.101. The maximum atomic E-state index is 12.7. The van der Waals surface area contributed by atoms with Crippen LogP contribution in [0.2, 0.25) is 0 Å². The van der Waals surface area contributed by atoms with Crippen LogP contribution in [0.25, 0.3) is 11.2 Å². The highest BCUT2D eigenvalue weighted by atomic mass is 16.3. The highest BCUT2D eigenvalue weighted by Crippen LogP contribution is 2.04. The summed E-state index contributed by atoms with van der Waals surface area (Å²) >= 11 is 0. The average Bonchev–Trinajstić information content (AvgIpc) is 3.00. The molecule has 0 saturated carbocycles. The Labute approximate surface area is 127 Å². The van der Waals surface area contributed by atoms with Crippen molar-refractivity contribution in [1.82, 2.24) is 18.7 Å². The van der Waals surface area contributed by atoms with Gasteiger partial charge in [0.25, 0.3) is 5.56 Å². The van der Waals surface area contributed by atoms with Crippen molar-refractivity contribution in [2.45, 2.75) is 38.7 Å². The van der Waals surface area contributed by atoms with Crippen molar-refractivity contribution in [2.24, 2.45) is 14.0 Å². The maximum absolute atomic E-state index is 12.7. The van der Waals surface area contributed by atoms with Crippen LogP contribution < -0.4 is 11.2 Å². The van der Waals surface area contributed by atoms with Crippen molar-refractivity contribution in [1.29, 1.82) is 0 Å². The quantitative estimate of drug-likeness (QED) is 0.838. The lowest BCUT2D eigenvalue weighted by molar-refractivity contribution is 0.180. The molecule has 1 N–H and O–H groups in total. The molecule has 2 aromatic rings. The molecular weight excluding hydrogens is 260 g/mol. The lowest BCUT2D eigenvalue weighted by Gasteiger charge is -2.09. The third-order valence-corrected chi connectivity index (χ3v) is 2.93. The number of hydrogen-bond donors (Lipinski definition) is 1. The van der Waals surface area contributed by atoms with E-state index in [0.717, 1.165) is 15.5 Å². The first-order chi connectivity index (χ1) is 12.6. The third-order valence-electron chi connectivity index (χ3n) is 2.93. The Hall–Kier alpha value is -1.89. The van der Waals surface area contributed by atoms with Gasteiger partial charge < -0.3 is 9.67 Å². The number of aromatic nitrogens is 4. The molecule has 2 aromatic heterocycles. The number of hydrogen-bond acceptors (Lipinski definition) is 4. The van der Waals surface area contributed by atoms with Crippen LogP contribution in [-0.4, -0.2) is 29.9 Å². The van der Waals surface area contributed by atoms with Crippen LogP contribution in [0.3, 0.4) is 0 Å². The summed E-state index contributed by atoms with van der Waals surface area (Å²) in [6, 6.07) is 0. The minimum atomic E-state index is -2.92. The average molecular weight is 288 g/mol. The number of imidazole rings is 1. The molecule has 1 atom stereocenters. The normalized spacial score (nSPS) is 20.9. The molecule has 110 valence electrons. The van der Waals surface area contributed by atoms with Crippen molar-refractivity contribution in [2.75, 3.05) is 0 Å². The molecule has 2 rings (SSSR count). The van der Waals surface area contributed by atoms with Crippen LogP contribution in [0.15, 0.2) is 15.9 Å². The molecule has 7 heteroatoms. The van der Waals surface area contributed by atoms with Crippen LogP contribution in [0.4, 0.5) is 0 Å². The lowest BCUT2D eigenvalue weighted by atomic mass is 10.2. The standard InChI is InChI=1S/C13H20N4O3/c1-9(18)6-4-5-7-17-12(19)10-11(14-8-15(10)2)16(3)13(17)20/h8-9,18H,4-7H2,1-3H3/i1D3,2D3,6D2. The van der Waals surface area contributed by atoms with Crippen molar-refractivity contribution in [3.63, 3.8) is 0 Å². The van der Waals surface area contributed by atoms with Gasteiger partial charge in [0, 0.05) is 31.5 Å². The van der Waals surface area contributed by atoms with Gasteiger partial charge in [-0.25, -0.2) is 9.78 Å². The fraction of sp³-hybridized carbons (Fsp3) is 0.615. The van der Waals surface area contributed by atoms with E-state index >= 15 is 0 Å². The molecule has 1 unspecified atom stereocenters.